The van der Waals surface area contributed by atoms with E-state index in [-0.39, 0.29) is 10.9 Å². The van der Waals surface area contributed by atoms with Crippen molar-refractivity contribution in [2.24, 2.45) is 18.0 Å². The lowest BCUT2D eigenvalue weighted by atomic mass is 9.92. The van der Waals surface area contributed by atoms with E-state index in [2.05, 4.69) is 4.99 Å². The quantitative estimate of drug-likeness (QED) is 0.825. The van der Waals surface area contributed by atoms with Crippen LogP contribution in [0.4, 0.5) is 13.2 Å². The normalized spacial score (nSPS) is 18.2. The number of nitrogens with zero attached hydrogens (tertiary/aromatic N) is 3. The molecule has 0 aromatic carbocycles. The van der Waals surface area contributed by atoms with Gasteiger partial charge in [-0.05, 0) is 18.8 Å². The SMILES string of the molecule is Cn1c(C(C)(C)C)c/c(=N\C(=O)C(F)(F)F)n1CC1CCOCC1. The van der Waals surface area contributed by atoms with E-state index < -0.39 is 12.1 Å². The summed E-state index contributed by atoms with van der Waals surface area (Å²) in [4.78, 5) is 14.7. The molecule has 1 aromatic rings. The second-order valence-electron chi connectivity index (χ2n) is 7.21. The largest absolute Gasteiger partial charge is 0.473 e. The van der Waals surface area contributed by atoms with Crippen LogP contribution in [-0.2, 0) is 28.5 Å². The average molecular weight is 347 g/mol. The Morgan fingerprint density at radius 2 is 1.88 bits per heavy atom. The number of hydrogen-bond acceptors (Lipinski definition) is 2. The lowest BCUT2D eigenvalue weighted by molar-refractivity contribution is -0.169. The molecular formula is C16H24F3N3O2. The van der Waals surface area contributed by atoms with Gasteiger partial charge in [-0.15, -0.1) is 0 Å². The molecule has 5 nitrogen and oxygen atoms in total. The molecular weight excluding hydrogens is 323 g/mol. The van der Waals surface area contributed by atoms with E-state index in [1.54, 1.807) is 22.5 Å². The highest BCUT2D eigenvalue weighted by molar-refractivity contribution is 5.82. The molecule has 0 saturated carbocycles. The van der Waals surface area contributed by atoms with E-state index in [1.165, 1.54) is 0 Å². The summed E-state index contributed by atoms with van der Waals surface area (Å²) in [5.41, 5.74) is 0.598. The van der Waals surface area contributed by atoms with Gasteiger partial charge < -0.3 is 4.74 Å². The van der Waals surface area contributed by atoms with Crippen molar-refractivity contribution >= 4 is 5.91 Å². The molecule has 0 unspecified atom stereocenters. The van der Waals surface area contributed by atoms with E-state index in [0.717, 1.165) is 18.5 Å². The number of carbonyl (C=O) groups excluding carboxylic acids is 1. The van der Waals surface area contributed by atoms with Gasteiger partial charge in [0, 0.05) is 44.0 Å². The Labute approximate surface area is 139 Å². The number of alkyl halides is 3. The molecule has 136 valence electrons. The van der Waals surface area contributed by atoms with Crippen molar-refractivity contribution in [3.05, 3.63) is 17.2 Å². The third kappa shape index (κ3) is 4.28. The zero-order valence-corrected chi connectivity index (χ0v) is 14.5. The number of ether oxygens (including phenoxy) is 1. The molecule has 1 aromatic heterocycles. The van der Waals surface area contributed by atoms with Gasteiger partial charge >= 0.3 is 12.1 Å². The fourth-order valence-corrected chi connectivity index (χ4v) is 2.92. The van der Waals surface area contributed by atoms with Gasteiger partial charge in [0.15, 0.2) is 5.49 Å². The Hall–Kier alpha value is -1.57. The summed E-state index contributed by atoms with van der Waals surface area (Å²) >= 11 is 0. The van der Waals surface area contributed by atoms with E-state index in [0.29, 0.717) is 25.7 Å². The standard InChI is InChI=1S/C16H24F3N3O2/c1-15(2,3)12-9-13(20-14(23)16(17,18)19)22(21(12)4)10-11-5-7-24-8-6-11/h9,11H,5-8,10H2,1-4H3/b20-13+. The number of amides is 1. The summed E-state index contributed by atoms with van der Waals surface area (Å²) in [5, 5.41) is 0. The van der Waals surface area contributed by atoms with Crippen molar-refractivity contribution in [2.45, 2.75) is 51.7 Å². The first-order valence-electron chi connectivity index (χ1n) is 8.01. The molecule has 1 aliphatic heterocycles. The predicted molar refractivity (Wildman–Crippen MR) is 82.3 cm³/mol. The van der Waals surface area contributed by atoms with Crippen LogP contribution in [0.3, 0.4) is 0 Å². The van der Waals surface area contributed by atoms with Gasteiger partial charge in [-0.25, -0.2) is 0 Å². The molecule has 0 bridgehead atoms. The Balaban J connectivity index is 2.47. The molecule has 1 saturated heterocycles. The highest BCUT2D eigenvalue weighted by atomic mass is 19.4. The fraction of sp³-hybridized carbons (Fsp3) is 0.750. The first-order chi connectivity index (χ1) is 11.0. The third-order valence-electron chi connectivity index (χ3n) is 4.24. The molecule has 1 fully saturated rings. The van der Waals surface area contributed by atoms with Crippen LogP contribution in [0.25, 0.3) is 0 Å². The summed E-state index contributed by atoms with van der Waals surface area (Å²) in [6.45, 7) is 7.72. The molecule has 24 heavy (non-hydrogen) atoms. The molecule has 1 aliphatic rings. The highest BCUT2D eigenvalue weighted by Gasteiger charge is 2.38. The molecule has 2 rings (SSSR count). The zero-order chi connectivity index (χ0) is 18.1. The van der Waals surface area contributed by atoms with Crippen molar-refractivity contribution in [3.63, 3.8) is 0 Å². The van der Waals surface area contributed by atoms with Crippen LogP contribution in [0.1, 0.15) is 39.3 Å². The molecule has 8 heteroatoms. The average Bonchev–Trinajstić information content (AvgIpc) is 2.76. The minimum atomic E-state index is -4.96. The van der Waals surface area contributed by atoms with Crippen LogP contribution in [0.5, 0.6) is 0 Å². The second-order valence-corrected chi connectivity index (χ2v) is 7.21. The predicted octanol–water partition coefficient (Wildman–Crippen LogP) is 2.54. The first kappa shape index (κ1) is 18.8. The van der Waals surface area contributed by atoms with Crippen LogP contribution in [0, 0.1) is 5.92 Å². The van der Waals surface area contributed by atoms with Gasteiger partial charge in [0.1, 0.15) is 0 Å². The van der Waals surface area contributed by atoms with Gasteiger partial charge in [0.2, 0.25) is 0 Å². The number of aromatic nitrogens is 2. The Kier molecular flexibility index (Phi) is 5.27. The molecule has 1 amide bonds. The number of halogens is 3. The van der Waals surface area contributed by atoms with E-state index in [4.69, 9.17) is 4.74 Å². The summed E-state index contributed by atoms with van der Waals surface area (Å²) in [6, 6.07) is 1.57. The molecule has 0 spiro atoms. The summed E-state index contributed by atoms with van der Waals surface area (Å²) in [7, 11) is 1.79. The van der Waals surface area contributed by atoms with Crippen LogP contribution in [-0.4, -0.2) is 34.7 Å². The van der Waals surface area contributed by atoms with Crippen LogP contribution < -0.4 is 5.49 Å². The fourth-order valence-electron chi connectivity index (χ4n) is 2.92. The maximum atomic E-state index is 12.6. The lowest BCUT2D eigenvalue weighted by Gasteiger charge is -2.25. The van der Waals surface area contributed by atoms with Crippen LogP contribution in [0.2, 0.25) is 0 Å². The Bertz CT molecular complexity index is 660. The topological polar surface area (TPSA) is 48.5 Å². The number of carbonyl (C=O) groups is 1. The van der Waals surface area contributed by atoms with Gasteiger partial charge in [-0.3, -0.25) is 14.2 Å². The summed E-state index contributed by atoms with van der Waals surface area (Å²) < 4.78 is 46.6. The number of hydrogen-bond donors (Lipinski definition) is 0. The van der Waals surface area contributed by atoms with Crippen molar-refractivity contribution in [1.82, 2.24) is 9.36 Å². The second kappa shape index (κ2) is 6.74. The highest BCUT2D eigenvalue weighted by Crippen LogP contribution is 2.22. The molecule has 2 heterocycles. The van der Waals surface area contributed by atoms with Crippen LogP contribution >= 0.6 is 0 Å². The van der Waals surface area contributed by atoms with Gasteiger partial charge in [-0.1, -0.05) is 20.8 Å². The molecule has 0 N–H and O–H groups in total. The monoisotopic (exact) mass is 347 g/mol. The third-order valence-corrected chi connectivity index (χ3v) is 4.24. The Morgan fingerprint density at radius 1 is 1.29 bits per heavy atom. The van der Waals surface area contributed by atoms with Crippen molar-refractivity contribution in [2.75, 3.05) is 13.2 Å². The number of rotatable bonds is 2. The van der Waals surface area contributed by atoms with Crippen molar-refractivity contribution < 1.29 is 22.7 Å². The zero-order valence-electron chi connectivity index (χ0n) is 14.5. The minimum absolute atomic E-state index is 0.0521. The smallest absolute Gasteiger partial charge is 0.381 e. The lowest BCUT2D eigenvalue weighted by Crippen LogP contribution is -2.32. The first-order valence-corrected chi connectivity index (χ1v) is 8.01. The summed E-state index contributed by atoms with van der Waals surface area (Å²) in [5.74, 6) is -1.78. The maximum absolute atomic E-state index is 12.6. The van der Waals surface area contributed by atoms with Crippen LogP contribution in [0.15, 0.2) is 11.1 Å². The van der Waals surface area contributed by atoms with Crippen molar-refractivity contribution in [1.29, 1.82) is 0 Å². The van der Waals surface area contributed by atoms with E-state index in [9.17, 15) is 18.0 Å². The maximum Gasteiger partial charge on any atom is 0.473 e. The van der Waals surface area contributed by atoms with Gasteiger partial charge in [-0.2, -0.15) is 18.2 Å². The molecule has 0 atom stereocenters. The van der Waals surface area contributed by atoms with E-state index in [1.807, 2.05) is 20.8 Å². The van der Waals surface area contributed by atoms with Gasteiger partial charge in [0.25, 0.3) is 0 Å². The van der Waals surface area contributed by atoms with E-state index >= 15 is 0 Å². The molecule has 0 aliphatic carbocycles. The van der Waals surface area contributed by atoms with Crippen molar-refractivity contribution in [3.8, 4) is 0 Å². The summed E-state index contributed by atoms with van der Waals surface area (Å²) in [6.07, 6.45) is -3.28. The minimum Gasteiger partial charge on any atom is -0.381 e. The van der Waals surface area contributed by atoms with Gasteiger partial charge in [0.05, 0.1) is 0 Å². The Morgan fingerprint density at radius 3 is 2.38 bits per heavy atom. The molecule has 0 radical (unpaired) electrons.